The molecule has 1 amide bonds. The minimum absolute atomic E-state index is 0.148. The lowest BCUT2D eigenvalue weighted by Crippen LogP contribution is -2.41. The fourth-order valence-corrected chi connectivity index (χ4v) is 4.66. The molecule has 1 saturated heterocycles. The van der Waals surface area contributed by atoms with Crippen LogP contribution >= 0.6 is 0 Å². The zero-order valence-electron chi connectivity index (χ0n) is 14.9. The van der Waals surface area contributed by atoms with Crippen molar-refractivity contribution in [3.63, 3.8) is 0 Å². The second-order valence-electron chi connectivity index (χ2n) is 6.67. The lowest BCUT2D eigenvalue weighted by molar-refractivity contribution is -0.120. The van der Waals surface area contributed by atoms with Crippen molar-refractivity contribution in [3.05, 3.63) is 65.5 Å². The van der Waals surface area contributed by atoms with Gasteiger partial charge in [-0.2, -0.15) is 0 Å². The Morgan fingerprint density at radius 3 is 2.25 bits per heavy atom. The summed E-state index contributed by atoms with van der Waals surface area (Å²) in [5.74, 6) is -3.52. The number of amides is 1. The van der Waals surface area contributed by atoms with Crippen molar-refractivity contribution in [2.24, 2.45) is 5.92 Å². The highest BCUT2D eigenvalue weighted by atomic mass is 32.2. The number of benzene rings is 2. The number of anilines is 1. The Morgan fingerprint density at radius 1 is 1.00 bits per heavy atom. The van der Waals surface area contributed by atoms with Gasteiger partial charge in [0.1, 0.15) is 5.82 Å². The Labute approximate surface area is 161 Å². The van der Waals surface area contributed by atoms with Crippen LogP contribution in [0.2, 0.25) is 0 Å². The lowest BCUT2D eigenvalue weighted by Gasteiger charge is -2.30. The van der Waals surface area contributed by atoms with E-state index in [2.05, 4.69) is 5.32 Å². The molecule has 0 radical (unpaired) electrons. The Kier molecular flexibility index (Phi) is 6.04. The lowest BCUT2D eigenvalue weighted by atomic mass is 9.97. The fourth-order valence-electron chi connectivity index (χ4n) is 3.10. The molecule has 5 nitrogen and oxygen atoms in total. The average molecular weight is 412 g/mol. The SMILES string of the molecule is O=C(Nc1ccc(F)c(F)c1)C1CCN(S(=O)(=O)Cc2ccc(F)cc2)CC1. The number of sulfonamides is 1. The summed E-state index contributed by atoms with van der Waals surface area (Å²) in [7, 11) is -3.58. The molecule has 2 aromatic rings. The van der Waals surface area contributed by atoms with Crippen molar-refractivity contribution >= 4 is 21.6 Å². The second kappa shape index (κ2) is 8.32. The first kappa shape index (κ1) is 20.3. The highest BCUT2D eigenvalue weighted by molar-refractivity contribution is 7.88. The van der Waals surface area contributed by atoms with E-state index in [0.29, 0.717) is 18.4 Å². The first-order valence-corrected chi connectivity index (χ1v) is 10.3. The summed E-state index contributed by atoms with van der Waals surface area (Å²) in [6.45, 7) is 0.360. The van der Waals surface area contributed by atoms with Gasteiger partial charge in [-0.25, -0.2) is 25.9 Å². The van der Waals surface area contributed by atoms with E-state index in [1.54, 1.807) is 0 Å². The molecule has 28 heavy (non-hydrogen) atoms. The topological polar surface area (TPSA) is 66.5 Å². The molecule has 1 fully saturated rings. The van der Waals surface area contributed by atoms with Crippen molar-refractivity contribution in [2.75, 3.05) is 18.4 Å². The predicted octanol–water partition coefficient (Wildman–Crippen LogP) is 3.28. The molecule has 1 N–H and O–H groups in total. The molecule has 0 aliphatic carbocycles. The zero-order chi connectivity index (χ0) is 20.3. The highest BCUT2D eigenvalue weighted by Crippen LogP contribution is 2.23. The number of carbonyl (C=O) groups excluding carboxylic acids is 1. The van der Waals surface area contributed by atoms with Gasteiger partial charge in [-0.1, -0.05) is 12.1 Å². The van der Waals surface area contributed by atoms with Crippen LogP contribution in [0, 0.1) is 23.4 Å². The fraction of sp³-hybridized carbons (Fsp3) is 0.316. The Bertz CT molecular complexity index is 957. The van der Waals surface area contributed by atoms with Gasteiger partial charge in [0.15, 0.2) is 11.6 Å². The first-order valence-electron chi connectivity index (χ1n) is 8.73. The zero-order valence-corrected chi connectivity index (χ0v) is 15.7. The van der Waals surface area contributed by atoms with Crippen molar-refractivity contribution in [2.45, 2.75) is 18.6 Å². The van der Waals surface area contributed by atoms with Crippen LogP contribution in [-0.2, 0) is 20.6 Å². The Hall–Kier alpha value is -2.39. The quantitative estimate of drug-likeness (QED) is 0.820. The summed E-state index contributed by atoms with van der Waals surface area (Å²) in [6, 6.07) is 8.35. The van der Waals surface area contributed by atoms with E-state index in [1.165, 1.54) is 34.6 Å². The van der Waals surface area contributed by atoms with E-state index in [0.717, 1.165) is 12.1 Å². The van der Waals surface area contributed by atoms with Crippen molar-refractivity contribution < 1.29 is 26.4 Å². The number of carbonyl (C=O) groups is 1. The van der Waals surface area contributed by atoms with Crippen molar-refractivity contribution in [1.82, 2.24) is 4.31 Å². The number of piperidine rings is 1. The minimum Gasteiger partial charge on any atom is -0.326 e. The second-order valence-corrected chi connectivity index (χ2v) is 8.64. The third-order valence-corrected chi connectivity index (χ3v) is 6.52. The maximum atomic E-state index is 13.2. The molecular weight excluding hydrogens is 393 g/mol. The number of hydrogen-bond donors (Lipinski definition) is 1. The van der Waals surface area contributed by atoms with Gasteiger partial charge in [-0.15, -0.1) is 0 Å². The summed E-state index contributed by atoms with van der Waals surface area (Å²) in [5, 5.41) is 2.53. The van der Waals surface area contributed by atoms with Gasteiger partial charge >= 0.3 is 0 Å². The minimum atomic E-state index is -3.58. The Morgan fingerprint density at radius 2 is 1.64 bits per heavy atom. The van der Waals surface area contributed by atoms with Gasteiger partial charge in [0, 0.05) is 30.8 Å². The summed E-state index contributed by atoms with van der Waals surface area (Å²) in [4.78, 5) is 12.3. The van der Waals surface area contributed by atoms with E-state index in [4.69, 9.17) is 0 Å². The molecule has 2 aromatic carbocycles. The van der Waals surface area contributed by atoms with Crippen molar-refractivity contribution in [1.29, 1.82) is 0 Å². The van der Waals surface area contributed by atoms with Crippen LogP contribution in [0.5, 0.6) is 0 Å². The van der Waals surface area contributed by atoms with Gasteiger partial charge in [0.05, 0.1) is 5.75 Å². The standard InChI is InChI=1S/C19H19F3N2O3S/c20-15-3-1-13(2-4-15)12-28(26,27)24-9-7-14(8-10-24)19(25)23-16-5-6-17(21)18(22)11-16/h1-6,11,14H,7-10,12H2,(H,23,25). The van der Waals surface area contributed by atoms with Crippen LogP contribution in [0.25, 0.3) is 0 Å². The molecule has 3 rings (SSSR count). The number of rotatable bonds is 5. The summed E-state index contributed by atoms with van der Waals surface area (Å²) in [5.41, 5.74) is 0.634. The van der Waals surface area contributed by atoms with Gasteiger partial charge in [0.25, 0.3) is 0 Å². The van der Waals surface area contributed by atoms with Gasteiger partial charge in [-0.05, 0) is 42.7 Å². The first-order chi connectivity index (χ1) is 13.2. The van der Waals surface area contributed by atoms with E-state index in [-0.39, 0.29) is 30.4 Å². The van der Waals surface area contributed by atoms with E-state index < -0.39 is 33.4 Å². The summed E-state index contributed by atoms with van der Waals surface area (Å²) in [6.07, 6.45) is 0.635. The molecule has 0 saturated carbocycles. The molecule has 0 unspecified atom stereocenters. The molecule has 0 atom stereocenters. The normalized spacial score (nSPS) is 16.1. The van der Waals surface area contributed by atoms with Crippen LogP contribution in [-0.4, -0.2) is 31.7 Å². The molecule has 0 spiro atoms. The van der Waals surface area contributed by atoms with Crippen LogP contribution in [0.15, 0.2) is 42.5 Å². The van der Waals surface area contributed by atoms with E-state index in [9.17, 15) is 26.4 Å². The van der Waals surface area contributed by atoms with E-state index in [1.807, 2.05) is 0 Å². The maximum Gasteiger partial charge on any atom is 0.227 e. The monoisotopic (exact) mass is 412 g/mol. The molecule has 0 aromatic heterocycles. The number of halogens is 3. The maximum absolute atomic E-state index is 13.2. The average Bonchev–Trinajstić information content (AvgIpc) is 2.66. The number of hydrogen-bond acceptors (Lipinski definition) is 3. The van der Waals surface area contributed by atoms with Crippen molar-refractivity contribution in [3.8, 4) is 0 Å². The third kappa shape index (κ3) is 4.90. The van der Waals surface area contributed by atoms with Gasteiger partial charge < -0.3 is 5.32 Å². The van der Waals surface area contributed by atoms with Crippen LogP contribution in [0.4, 0.5) is 18.9 Å². The van der Waals surface area contributed by atoms with Crippen LogP contribution in [0.1, 0.15) is 18.4 Å². The number of nitrogens with zero attached hydrogens (tertiary/aromatic N) is 1. The molecule has 1 heterocycles. The molecule has 1 aliphatic rings. The largest absolute Gasteiger partial charge is 0.326 e. The Balaban J connectivity index is 1.56. The van der Waals surface area contributed by atoms with Crippen LogP contribution in [0.3, 0.4) is 0 Å². The molecular formula is C19H19F3N2O3S. The molecule has 150 valence electrons. The van der Waals surface area contributed by atoms with Gasteiger partial charge in [-0.3, -0.25) is 4.79 Å². The summed E-state index contributed by atoms with van der Waals surface area (Å²) >= 11 is 0. The predicted molar refractivity (Wildman–Crippen MR) is 98.3 cm³/mol. The third-order valence-electron chi connectivity index (χ3n) is 4.67. The molecule has 9 heteroatoms. The molecule has 1 aliphatic heterocycles. The number of nitrogens with one attached hydrogen (secondary N) is 1. The van der Waals surface area contributed by atoms with Gasteiger partial charge in [0.2, 0.25) is 15.9 Å². The smallest absolute Gasteiger partial charge is 0.227 e. The van der Waals surface area contributed by atoms with E-state index >= 15 is 0 Å². The molecule has 0 bridgehead atoms. The highest BCUT2D eigenvalue weighted by Gasteiger charge is 2.31. The van der Waals surface area contributed by atoms with Crippen LogP contribution < -0.4 is 5.32 Å². The summed E-state index contributed by atoms with van der Waals surface area (Å²) < 4.78 is 65.5.